The lowest BCUT2D eigenvalue weighted by Gasteiger charge is -2.48. The van der Waals surface area contributed by atoms with Crippen molar-refractivity contribution in [2.75, 3.05) is 0 Å². The summed E-state index contributed by atoms with van der Waals surface area (Å²) >= 11 is 0. The Hall–Kier alpha value is -7.86. The first-order chi connectivity index (χ1) is 33.2. The molecular formula is C56H47N7O5. The number of fused-ring (bicyclic) bond motifs is 12. The summed E-state index contributed by atoms with van der Waals surface area (Å²) in [6.45, 7) is 2.35. The molecule has 3 heterocycles. The molecule has 0 radical (unpaired) electrons. The van der Waals surface area contributed by atoms with Gasteiger partial charge in [0.05, 0.1) is 12.0 Å². The molecule has 336 valence electrons. The van der Waals surface area contributed by atoms with Crippen LogP contribution in [0, 0.1) is 22.7 Å². The van der Waals surface area contributed by atoms with E-state index in [4.69, 9.17) is 14.9 Å². The van der Waals surface area contributed by atoms with Gasteiger partial charge in [0, 0.05) is 36.6 Å². The molecule has 12 nitrogen and oxygen atoms in total. The predicted octanol–water partition coefficient (Wildman–Crippen LogP) is 9.37. The van der Waals surface area contributed by atoms with Gasteiger partial charge in [-0.3, -0.25) is 24.4 Å². The van der Waals surface area contributed by atoms with Gasteiger partial charge in [-0.2, -0.15) is 0 Å². The standard InChI is InChI=1S/C56H47N7O5/c1-55-23-22-40-39(44(55)20-21-47(55)64)18-19-41-48(40)45(63-30-62-51(57)49-52(63)61-29-60-49)26-46-50(41)68-56(67-46,53(65)58-27-42-35-14-6-2-10-31(35)24-32-11-3-7-15-36(32)42)54(66)59-28-43-37-16-8-4-12-33(37)25-34-13-5-9-17-38(34)43/h2-17,24-26,29-30,39-40,44,57H,18-23,27-28H2,1H3,(H,58,65)(H,59,66)(H,60,61)/t39?,40?,44?,55-/m0/s1. The summed E-state index contributed by atoms with van der Waals surface area (Å²) in [6, 6.07) is 38.5. The second-order valence-corrected chi connectivity index (χ2v) is 19.3. The molecule has 4 aliphatic rings. The lowest BCUT2D eigenvalue weighted by Crippen LogP contribution is -2.62. The largest absolute Gasteiger partial charge is 0.433 e. The second-order valence-electron chi connectivity index (χ2n) is 19.3. The van der Waals surface area contributed by atoms with E-state index in [9.17, 15) is 4.79 Å². The van der Waals surface area contributed by atoms with Crippen molar-refractivity contribution in [3.8, 4) is 17.2 Å². The van der Waals surface area contributed by atoms with Gasteiger partial charge in [0.25, 0.3) is 0 Å². The first-order valence-electron chi connectivity index (χ1n) is 23.6. The van der Waals surface area contributed by atoms with Crippen LogP contribution in [0.1, 0.15) is 67.2 Å². The number of H-pyrrole nitrogens is 1. The Morgan fingerprint density at radius 3 is 1.91 bits per heavy atom. The zero-order valence-electron chi connectivity index (χ0n) is 37.4. The number of nitrogens with zero attached hydrogens (tertiary/aromatic N) is 3. The quantitative estimate of drug-likeness (QED) is 0.0915. The first kappa shape index (κ1) is 40.4. The molecule has 2 amide bonds. The number of amides is 2. The molecule has 3 unspecified atom stereocenters. The van der Waals surface area contributed by atoms with Gasteiger partial charge in [-0.1, -0.05) is 104 Å². The SMILES string of the molecule is C[C@]12CCC3c4c(-n5cnc(=N)c6[nH]cnc65)cc5c(c4CCC3C1CCC2=O)OC(C(=O)NCc1c2ccccc2cc2ccccc12)(C(=O)NCc1c2ccccc2cc2ccccc12)O5. The van der Waals surface area contributed by atoms with Crippen molar-refractivity contribution < 1.29 is 23.9 Å². The number of hydrogen-bond acceptors (Lipinski definition) is 8. The molecule has 0 spiro atoms. The van der Waals surface area contributed by atoms with Gasteiger partial charge in [-0.15, -0.1) is 0 Å². The molecule has 2 saturated carbocycles. The number of aromatic amines is 1. The number of ether oxygens (including phenoxy) is 2. The fourth-order valence-corrected chi connectivity index (χ4v) is 12.7. The molecule has 68 heavy (non-hydrogen) atoms. The Balaban J connectivity index is 0.950. The number of benzene rings is 7. The van der Waals surface area contributed by atoms with Crippen LogP contribution in [0.5, 0.6) is 11.5 Å². The average molecular weight is 898 g/mol. The van der Waals surface area contributed by atoms with Gasteiger partial charge in [-0.05, 0) is 122 Å². The van der Waals surface area contributed by atoms with Crippen molar-refractivity contribution in [1.29, 1.82) is 5.41 Å². The Labute approximate surface area is 390 Å². The van der Waals surface area contributed by atoms with Crippen LogP contribution in [-0.4, -0.2) is 42.9 Å². The highest BCUT2D eigenvalue weighted by atomic mass is 16.7. The molecule has 13 rings (SSSR count). The van der Waals surface area contributed by atoms with Gasteiger partial charge in [0.2, 0.25) is 0 Å². The minimum atomic E-state index is -2.47. The number of Topliss-reactive ketones (excluding diaryl/α,β-unsaturated/α-hetero) is 1. The highest BCUT2D eigenvalue weighted by Crippen LogP contribution is 2.62. The predicted molar refractivity (Wildman–Crippen MR) is 259 cm³/mol. The topological polar surface area (TPSA) is 164 Å². The average Bonchev–Trinajstić information content (AvgIpc) is 4.11. The van der Waals surface area contributed by atoms with Gasteiger partial charge < -0.3 is 25.1 Å². The Morgan fingerprint density at radius 2 is 1.32 bits per heavy atom. The number of ketones is 1. The molecule has 2 aromatic heterocycles. The van der Waals surface area contributed by atoms with Crippen LogP contribution < -0.4 is 25.6 Å². The maximum absolute atomic E-state index is 15.4. The van der Waals surface area contributed by atoms with Crippen molar-refractivity contribution in [3.63, 3.8) is 0 Å². The third-order valence-electron chi connectivity index (χ3n) is 16.0. The van der Waals surface area contributed by atoms with E-state index in [-0.39, 0.29) is 47.5 Å². The van der Waals surface area contributed by atoms with Crippen molar-refractivity contribution >= 4 is 71.9 Å². The summed E-state index contributed by atoms with van der Waals surface area (Å²) in [7, 11) is 0. The molecular weight excluding hydrogens is 851 g/mol. The number of hydrogen-bond donors (Lipinski definition) is 4. The van der Waals surface area contributed by atoms with Crippen LogP contribution in [-0.2, 0) is 33.9 Å². The summed E-state index contributed by atoms with van der Waals surface area (Å²) < 4.78 is 15.7. The summed E-state index contributed by atoms with van der Waals surface area (Å²) in [4.78, 5) is 56.4. The van der Waals surface area contributed by atoms with E-state index in [1.54, 1.807) is 12.7 Å². The minimum absolute atomic E-state index is 0.0423. The van der Waals surface area contributed by atoms with E-state index in [0.717, 1.165) is 96.7 Å². The summed E-state index contributed by atoms with van der Waals surface area (Å²) in [5.41, 5.74) is 5.11. The van der Waals surface area contributed by atoms with E-state index in [2.05, 4.69) is 68.9 Å². The molecule has 4 N–H and O–H groups in total. The normalized spacial score (nSPS) is 21.2. The van der Waals surface area contributed by atoms with Gasteiger partial charge in [0.1, 0.15) is 17.6 Å². The number of imidazole rings is 1. The number of carbonyl (C=O) groups is 3. The van der Waals surface area contributed by atoms with E-state index in [1.165, 1.54) is 0 Å². The van der Waals surface area contributed by atoms with Gasteiger partial charge >= 0.3 is 17.6 Å². The summed E-state index contributed by atoms with van der Waals surface area (Å²) in [5, 5.41) is 22.9. The Morgan fingerprint density at radius 1 is 0.750 bits per heavy atom. The summed E-state index contributed by atoms with van der Waals surface area (Å²) in [5.74, 6) is -2.48. The zero-order valence-corrected chi connectivity index (χ0v) is 37.4. The highest BCUT2D eigenvalue weighted by Gasteiger charge is 2.59. The van der Waals surface area contributed by atoms with Crippen LogP contribution in [0.15, 0.2) is 128 Å². The Kier molecular flexibility index (Phi) is 8.96. The summed E-state index contributed by atoms with van der Waals surface area (Å²) in [6.07, 6.45) is 7.54. The molecule has 9 aromatic rings. The molecule has 2 fully saturated rings. The number of nitrogens with one attached hydrogen (secondary N) is 4. The van der Waals surface area contributed by atoms with E-state index < -0.39 is 17.6 Å². The lowest BCUT2D eigenvalue weighted by atomic mass is 9.55. The minimum Gasteiger partial charge on any atom is -0.433 e. The van der Waals surface area contributed by atoms with Crippen LogP contribution in [0.4, 0.5) is 0 Å². The number of aromatic nitrogens is 4. The third-order valence-corrected chi connectivity index (χ3v) is 16.0. The van der Waals surface area contributed by atoms with Crippen molar-refractivity contribution in [2.45, 2.75) is 70.2 Å². The van der Waals surface area contributed by atoms with E-state index >= 15 is 9.59 Å². The van der Waals surface area contributed by atoms with E-state index in [1.807, 2.05) is 83.4 Å². The molecule has 3 aliphatic carbocycles. The molecule has 12 heteroatoms. The number of rotatable bonds is 7. The molecule has 0 saturated heterocycles. The third kappa shape index (κ3) is 5.92. The lowest BCUT2D eigenvalue weighted by molar-refractivity contribution is -0.171. The van der Waals surface area contributed by atoms with Crippen LogP contribution in [0.2, 0.25) is 0 Å². The fourth-order valence-electron chi connectivity index (χ4n) is 12.7. The zero-order chi connectivity index (χ0) is 45.9. The second kappa shape index (κ2) is 15.1. The van der Waals surface area contributed by atoms with Crippen molar-refractivity contribution in [3.05, 3.63) is 156 Å². The molecule has 1 aliphatic heterocycles. The smallest absolute Gasteiger partial charge is 0.415 e. The maximum atomic E-state index is 15.4. The van der Waals surface area contributed by atoms with Crippen molar-refractivity contribution in [1.82, 2.24) is 30.2 Å². The van der Waals surface area contributed by atoms with Gasteiger partial charge in [-0.25, -0.2) is 9.97 Å². The van der Waals surface area contributed by atoms with Crippen molar-refractivity contribution in [2.24, 2.45) is 17.3 Å². The molecule has 0 bridgehead atoms. The highest BCUT2D eigenvalue weighted by molar-refractivity contribution is 6.10. The monoisotopic (exact) mass is 897 g/mol. The fraction of sp³-hybridized carbons (Fsp3) is 0.250. The first-order valence-corrected chi connectivity index (χ1v) is 23.6. The molecule has 7 aromatic carbocycles. The Bertz CT molecular complexity index is 3460. The molecule has 4 atom stereocenters. The number of carbonyl (C=O) groups excluding carboxylic acids is 3. The van der Waals surface area contributed by atoms with Crippen LogP contribution in [0.3, 0.4) is 0 Å². The van der Waals surface area contributed by atoms with Gasteiger partial charge in [0.15, 0.2) is 22.6 Å². The van der Waals surface area contributed by atoms with E-state index in [0.29, 0.717) is 35.5 Å². The van der Waals surface area contributed by atoms with Crippen LogP contribution in [0.25, 0.3) is 59.9 Å². The van der Waals surface area contributed by atoms with Crippen LogP contribution >= 0.6 is 0 Å². The maximum Gasteiger partial charge on any atom is 0.415 e.